The lowest BCUT2D eigenvalue weighted by atomic mass is 10.1. The fraction of sp³-hybridized carbons (Fsp3) is 0.636. The molecular formula is C11H18N4O5. The molecule has 0 aromatic carbocycles. The molecule has 1 rings (SSSR count). The van der Waals surface area contributed by atoms with Gasteiger partial charge in [-0.25, -0.2) is 0 Å². The summed E-state index contributed by atoms with van der Waals surface area (Å²) in [6.07, 6.45) is 0.336. The van der Waals surface area contributed by atoms with Gasteiger partial charge in [0, 0.05) is 13.0 Å². The number of carboxylic acids is 1. The lowest BCUT2D eigenvalue weighted by Crippen LogP contribution is -2.43. The fourth-order valence-electron chi connectivity index (χ4n) is 1.81. The fourth-order valence-corrected chi connectivity index (χ4v) is 1.81. The molecule has 1 unspecified atom stereocenters. The average molecular weight is 286 g/mol. The third kappa shape index (κ3) is 5.22. The number of hydrogen-bond acceptors (Lipinski definition) is 5. The first-order valence-corrected chi connectivity index (χ1v) is 6.15. The highest BCUT2D eigenvalue weighted by Gasteiger charge is 2.29. The number of nitrogens with zero attached hydrogens (tertiary/aromatic N) is 1. The largest absolute Gasteiger partial charge is 0.480 e. The van der Waals surface area contributed by atoms with E-state index in [1.807, 2.05) is 0 Å². The van der Waals surface area contributed by atoms with Crippen LogP contribution in [-0.4, -0.2) is 66.4 Å². The van der Waals surface area contributed by atoms with E-state index in [1.165, 1.54) is 4.90 Å². The van der Waals surface area contributed by atoms with Crippen molar-refractivity contribution in [3.8, 4) is 0 Å². The average Bonchev–Trinajstić information content (AvgIpc) is 2.74. The van der Waals surface area contributed by atoms with E-state index in [1.54, 1.807) is 0 Å². The predicted octanol–water partition coefficient (Wildman–Crippen LogP) is -2.89. The molecule has 0 aromatic heterocycles. The Kier molecular flexibility index (Phi) is 5.91. The van der Waals surface area contributed by atoms with Crippen LogP contribution >= 0.6 is 0 Å². The molecule has 1 aliphatic rings. The molecule has 0 aliphatic carbocycles. The van der Waals surface area contributed by atoms with Gasteiger partial charge in [-0.1, -0.05) is 0 Å². The standard InChI is InChI=1S/C11H18N4O5/c12-2-7-1-10(18)15(5-7)6-9(17)13-3-8(16)14-4-11(19)20/h7H,1-6,12H2,(H,13,17)(H,14,16)(H,19,20). The van der Waals surface area contributed by atoms with Gasteiger partial charge in [-0.3, -0.25) is 19.2 Å². The molecule has 1 atom stereocenters. The van der Waals surface area contributed by atoms with Crippen molar-refractivity contribution >= 4 is 23.7 Å². The van der Waals surface area contributed by atoms with E-state index in [4.69, 9.17) is 10.8 Å². The van der Waals surface area contributed by atoms with Crippen LogP contribution in [0, 0.1) is 5.92 Å². The second kappa shape index (κ2) is 7.43. The summed E-state index contributed by atoms with van der Waals surface area (Å²) in [4.78, 5) is 45.9. The molecule has 0 radical (unpaired) electrons. The van der Waals surface area contributed by atoms with E-state index in [0.29, 0.717) is 19.5 Å². The van der Waals surface area contributed by atoms with Crippen LogP contribution in [0.4, 0.5) is 0 Å². The summed E-state index contributed by atoms with van der Waals surface area (Å²) < 4.78 is 0. The number of carbonyl (C=O) groups is 4. The van der Waals surface area contributed by atoms with Crippen molar-refractivity contribution in [1.82, 2.24) is 15.5 Å². The van der Waals surface area contributed by atoms with Crippen LogP contribution in [-0.2, 0) is 19.2 Å². The number of carbonyl (C=O) groups excluding carboxylic acids is 3. The zero-order valence-corrected chi connectivity index (χ0v) is 10.9. The summed E-state index contributed by atoms with van der Waals surface area (Å²) >= 11 is 0. The molecule has 3 amide bonds. The predicted molar refractivity (Wildman–Crippen MR) is 67.4 cm³/mol. The number of amides is 3. The number of likely N-dealkylation sites (tertiary alicyclic amines) is 1. The van der Waals surface area contributed by atoms with Gasteiger partial charge in [0.25, 0.3) is 0 Å². The lowest BCUT2D eigenvalue weighted by Gasteiger charge is -2.15. The molecule has 0 bridgehead atoms. The number of carboxylic acid groups (broad SMARTS) is 1. The first kappa shape index (κ1) is 15.9. The van der Waals surface area contributed by atoms with Crippen LogP contribution in [0.15, 0.2) is 0 Å². The van der Waals surface area contributed by atoms with Crippen LogP contribution in [0.2, 0.25) is 0 Å². The number of rotatable bonds is 7. The van der Waals surface area contributed by atoms with Crippen LogP contribution in [0.3, 0.4) is 0 Å². The topological polar surface area (TPSA) is 142 Å². The number of nitrogens with one attached hydrogen (secondary N) is 2. The van der Waals surface area contributed by atoms with Gasteiger partial charge in [-0.15, -0.1) is 0 Å². The summed E-state index contributed by atoms with van der Waals surface area (Å²) in [5.41, 5.74) is 5.46. The summed E-state index contributed by atoms with van der Waals surface area (Å²) in [5.74, 6) is -2.31. The maximum Gasteiger partial charge on any atom is 0.322 e. The van der Waals surface area contributed by atoms with Gasteiger partial charge in [0.1, 0.15) is 6.54 Å². The molecule has 9 nitrogen and oxygen atoms in total. The number of nitrogens with two attached hydrogens (primary N) is 1. The van der Waals surface area contributed by atoms with Crippen molar-refractivity contribution in [3.05, 3.63) is 0 Å². The van der Waals surface area contributed by atoms with Crippen molar-refractivity contribution in [2.75, 3.05) is 32.7 Å². The lowest BCUT2D eigenvalue weighted by molar-refractivity contribution is -0.138. The molecule has 0 saturated carbocycles. The maximum atomic E-state index is 11.5. The molecule has 1 fully saturated rings. The minimum absolute atomic E-state index is 0.0640. The van der Waals surface area contributed by atoms with E-state index < -0.39 is 24.3 Å². The second-order valence-electron chi connectivity index (χ2n) is 4.53. The third-order valence-corrected chi connectivity index (χ3v) is 2.85. The molecule has 112 valence electrons. The molecule has 9 heteroatoms. The molecule has 0 spiro atoms. The summed E-state index contributed by atoms with van der Waals surface area (Å²) in [7, 11) is 0. The first-order valence-electron chi connectivity index (χ1n) is 6.15. The smallest absolute Gasteiger partial charge is 0.322 e. The van der Waals surface area contributed by atoms with E-state index in [0.717, 1.165) is 0 Å². The van der Waals surface area contributed by atoms with Crippen molar-refractivity contribution in [3.63, 3.8) is 0 Å². The molecule has 5 N–H and O–H groups in total. The van der Waals surface area contributed by atoms with Crippen molar-refractivity contribution in [1.29, 1.82) is 0 Å². The Morgan fingerprint density at radius 2 is 1.90 bits per heavy atom. The first-order chi connectivity index (χ1) is 9.42. The minimum Gasteiger partial charge on any atom is -0.480 e. The summed E-state index contributed by atoms with van der Waals surface area (Å²) in [5, 5.41) is 12.8. The Morgan fingerprint density at radius 1 is 1.25 bits per heavy atom. The van der Waals surface area contributed by atoms with Crippen molar-refractivity contribution in [2.24, 2.45) is 11.7 Å². The Balaban J connectivity index is 2.25. The van der Waals surface area contributed by atoms with E-state index in [-0.39, 0.29) is 24.9 Å². The normalized spacial score (nSPS) is 17.9. The monoisotopic (exact) mass is 286 g/mol. The SMILES string of the molecule is NCC1CC(=O)N(CC(=O)NCC(=O)NCC(=O)O)C1. The quantitative estimate of drug-likeness (QED) is 0.396. The maximum absolute atomic E-state index is 11.5. The Labute approximate surface area is 115 Å². The van der Waals surface area contributed by atoms with Gasteiger partial charge < -0.3 is 26.4 Å². The number of aliphatic carboxylic acids is 1. The highest BCUT2D eigenvalue weighted by atomic mass is 16.4. The van der Waals surface area contributed by atoms with E-state index in [9.17, 15) is 19.2 Å². The highest BCUT2D eigenvalue weighted by molar-refractivity contribution is 5.89. The highest BCUT2D eigenvalue weighted by Crippen LogP contribution is 2.15. The van der Waals surface area contributed by atoms with Crippen LogP contribution in [0.1, 0.15) is 6.42 Å². The van der Waals surface area contributed by atoms with Crippen molar-refractivity contribution in [2.45, 2.75) is 6.42 Å². The zero-order valence-electron chi connectivity index (χ0n) is 10.9. The second-order valence-corrected chi connectivity index (χ2v) is 4.53. The molecular weight excluding hydrogens is 268 g/mol. The molecule has 20 heavy (non-hydrogen) atoms. The van der Waals surface area contributed by atoms with Crippen LogP contribution in [0.25, 0.3) is 0 Å². The molecule has 0 aromatic rings. The van der Waals surface area contributed by atoms with Crippen molar-refractivity contribution < 1.29 is 24.3 Å². The Morgan fingerprint density at radius 3 is 2.45 bits per heavy atom. The van der Waals surface area contributed by atoms with Crippen LogP contribution < -0.4 is 16.4 Å². The molecule has 1 aliphatic heterocycles. The van der Waals surface area contributed by atoms with E-state index in [2.05, 4.69) is 10.6 Å². The van der Waals surface area contributed by atoms with Gasteiger partial charge in [-0.05, 0) is 12.5 Å². The van der Waals surface area contributed by atoms with Gasteiger partial charge >= 0.3 is 5.97 Å². The van der Waals surface area contributed by atoms with Gasteiger partial charge in [0.15, 0.2) is 0 Å². The van der Waals surface area contributed by atoms with Gasteiger partial charge in [0.05, 0.1) is 13.1 Å². The zero-order chi connectivity index (χ0) is 15.1. The van der Waals surface area contributed by atoms with E-state index >= 15 is 0 Å². The summed E-state index contributed by atoms with van der Waals surface area (Å²) in [6, 6.07) is 0. The Hall–Kier alpha value is -2.16. The Bertz CT molecular complexity index is 412. The molecule has 1 heterocycles. The molecule has 1 saturated heterocycles. The van der Waals surface area contributed by atoms with Crippen LogP contribution in [0.5, 0.6) is 0 Å². The number of hydrogen-bond donors (Lipinski definition) is 4. The summed E-state index contributed by atoms with van der Waals surface area (Å²) in [6.45, 7) is -0.122. The van der Waals surface area contributed by atoms with Gasteiger partial charge in [-0.2, -0.15) is 0 Å². The third-order valence-electron chi connectivity index (χ3n) is 2.85. The van der Waals surface area contributed by atoms with Gasteiger partial charge in [0.2, 0.25) is 17.7 Å². The minimum atomic E-state index is -1.17.